The van der Waals surface area contributed by atoms with Gasteiger partial charge in [0, 0.05) is 23.8 Å². The maximum absolute atomic E-state index is 12.1. The topological polar surface area (TPSA) is 41.1 Å². The summed E-state index contributed by atoms with van der Waals surface area (Å²) < 4.78 is 0.997. The first kappa shape index (κ1) is 13.6. The summed E-state index contributed by atoms with van der Waals surface area (Å²) in [6, 6.07) is 15.3. The van der Waals surface area contributed by atoms with Crippen molar-refractivity contribution in [1.82, 2.24) is 5.32 Å². The quantitative estimate of drug-likeness (QED) is 0.907. The highest BCUT2D eigenvalue weighted by molar-refractivity contribution is 9.10. The summed E-state index contributed by atoms with van der Waals surface area (Å²) in [5, 5.41) is 5.94. The number of halogens is 1. The van der Waals surface area contributed by atoms with Gasteiger partial charge >= 0.3 is 0 Å². The zero-order valence-electron chi connectivity index (χ0n) is 10.6. The Labute approximate surface area is 121 Å². The fourth-order valence-electron chi connectivity index (χ4n) is 1.81. The molecule has 2 aromatic rings. The molecule has 0 aromatic heterocycles. The van der Waals surface area contributed by atoms with E-state index < -0.39 is 0 Å². The molecule has 2 aromatic carbocycles. The zero-order valence-corrected chi connectivity index (χ0v) is 12.2. The van der Waals surface area contributed by atoms with E-state index in [9.17, 15) is 4.79 Å². The molecule has 0 bridgehead atoms. The Morgan fingerprint density at radius 2 is 1.79 bits per heavy atom. The smallest absolute Gasteiger partial charge is 0.253 e. The summed E-state index contributed by atoms with van der Waals surface area (Å²) in [6.45, 7) is 0.498. The number of nitrogens with one attached hydrogen (secondary N) is 2. The molecule has 0 heterocycles. The van der Waals surface area contributed by atoms with Crippen molar-refractivity contribution in [3.8, 4) is 0 Å². The molecule has 4 heteroatoms. The van der Waals surface area contributed by atoms with E-state index in [4.69, 9.17) is 0 Å². The van der Waals surface area contributed by atoms with E-state index in [1.165, 1.54) is 0 Å². The number of carbonyl (C=O) groups excluding carboxylic acids is 1. The van der Waals surface area contributed by atoms with Crippen LogP contribution in [-0.2, 0) is 6.54 Å². The molecule has 0 radical (unpaired) electrons. The minimum Gasteiger partial charge on any atom is -0.387 e. The van der Waals surface area contributed by atoms with E-state index in [0.29, 0.717) is 12.1 Å². The van der Waals surface area contributed by atoms with Crippen LogP contribution in [-0.4, -0.2) is 13.0 Å². The first-order valence-corrected chi connectivity index (χ1v) is 6.80. The summed E-state index contributed by atoms with van der Waals surface area (Å²) in [5.41, 5.74) is 2.53. The Hall–Kier alpha value is -1.81. The van der Waals surface area contributed by atoms with E-state index in [1.807, 2.05) is 42.5 Å². The van der Waals surface area contributed by atoms with Crippen molar-refractivity contribution < 1.29 is 4.79 Å². The van der Waals surface area contributed by atoms with Gasteiger partial charge in [-0.25, -0.2) is 0 Å². The van der Waals surface area contributed by atoms with Crippen molar-refractivity contribution in [1.29, 1.82) is 0 Å². The molecule has 19 heavy (non-hydrogen) atoms. The number of carbonyl (C=O) groups is 1. The molecule has 98 valence electrons. The number of para-hydroxylation sites is 1. The molecular weight excluding hydrogens is 304 g/mol. The summed E-state index contributed by atoms with van der Waals surface area (Å²) >= 11 is 3.47. The van der Waals surface area contributed by atoms with E-state index in [-0.39, 0.29) is 5.91 Å². The minimum atomic E-state index is -0.0827. The van der Waals surface area contributed by atoms with Gasteiger partial charge in [0.15, 0.2) is 0 Å². The van der Waals surface area contributed by atoms with Crippen molar-refractivity contribution in [3.63, 3.8) is 0 Å². The first-order chi connectivity index (χ1) is 9.22. The lowest BCUT2D eigenvalue weighted by Crippen LogP contribution is -2.23. The Morgan fingerprint density at radius 3 is 2.53 bits per heavy atom. The summed E-state index contributed by atoms with van der Waals surface area (Å²) in [5.74, 6) is -0.0827. The lowest BCUT2D eigenvalue weighted by Gasteiger charge is -2.10. The Bertz CT molecular complexity index is 584. The van der Waals surface area contributed by atoms with Gasteiger partial charge in [0.1, 0.15) is 0 Å². The average molecular weight is 319 g/mol. The highest BCUT2D eigenvalue weighted by Gasteiger charge is 2.09. The van der Waals surface area contributed by atoms with Gasteiger partial charge in [-0.2, -0.15) is 0 Å². The predicted octanol–water partition coefficient (Wildman–Crippen LogP) is 3.42. The van der Waals surface area contributed by atoms with Crippen LogP contribution in [0, 0.1) is 0 Å². The van der Waals surface area contributed by atoms with Crippen LogP contribution < -0.4 is 10.6 Å². The first-order valence-electron chi connectivity index (χ1n) is 6.00. The Morgan fingerprint density at radius 1 is 1.11 bits per heavy atom. The number of benzene rings is 2. The molecule has 0 aliphatic carbocycles. The van der Waals surface area contributed by atoms with Crippen molar-refractivity contribution in [2.24, 2.45) is 0 Å². The second-order valence-corrected chi connectivity index (χ2v) is 4.92. The molecule has 0 atom stereocenters. The van der Waals surface area contributed by atoms with Crippen LogP contribution in [0.2, 0.25) is 0 Å². The van der Waals surface area contributed by atoms with Gasteiger partial charge in [0.25, 0.3) is 5.91 Å². The largest absolute Gasteiger partial charge is 0.387 e. The van der Waals surface area contributed by atoms with Crippen LogP contribution in [0.3, 0.4) is 0 Å². The third kappa shape index (κ3) is 3.35. The zero-order chi connectivity index (χ0) is 13.7. The van der Waals surface area contributed by atoms with Crippen molar-refractivity contribution >= 4 is 27.5 Å². The molecule has 2 N–H and O–H groups in total. The molecule has 2 rings (SSSR count). The molecule has 0 spiro atoms. The lowest BCUT2D eigenvalue weighted by molar-refractivity contribution is 0.0951. The van der Waals surface area contributed by atoms with Gasteiger partial charge in [-0.3, -0.25) is 4.79 Å². The third-order valence-electron chi connectivity index (χ3n) is 2.84. The number of amides is 1. The van der Waals surface area contributed by atoms with Gasteiger partial charge in [-0.05, 0) is 23.8 Å². The number of hydrogen-bond acceptors (Lipinski definition) is 2. The van der Waals surface area contributed by atoms with Crippen LogP contribution in [0.1, 0.15) is 15.9 Å². The van der Waals surface area contributed by atoms with Gasteiger partial charge in [0.2, 0.25) is 0 Å². The Balaban J connectivity index is 2.08. The van der Waals surface area contributed by atoms with E-state index in [2.05, 4.69) is 26.6 Å². The molecule has 0 saturated heterocycles. The minimum absolute atomic E-state index is 0.0827. The van der Waals surface area contributed by atoms with Crippen molar-refractivity contribution in [2.45, 2.75) is 6.54 Å². The van der Waals surface area contributed by atoms with E-state index in [1.54, 1.807) is 13.1 Å². The molecule has 0 aliphatic rings. The van der Waals surface area contributed by atoms with Crippen molar-refractivity contribution in [3.05, 3.63) is 64.1 Å². The van der Waals surface area contributed by atoms with Gasteiger partial charge in [-0.15, -0.1) is 0 Å². The van der Waals surface area contributed by atoms with Gasteiger partial charge in [-0.1, -0.05) is 46.3 Å². The maximum atomic E-state index is 12.1. The average Bonchev–Trinajstić information content (AvgIpc) is 2.46. The molecule has 0 aliphatic heterocycles. The highest BCUT2D eigenvalue weighted by Crippen LogP contribution is 2.17. The number of rotatable bonds is 4. The standard InChI is InChI=1S/C15H15BrN2O/c1-17-14-9-5-3-7-12(14)15(19)18-10-11-6-2-4-8-13(11)16/h2-9,17H,10H2,1H3,(H,18,19). The number of anilines is 1. The maximum Gasteiger partial charge on any atom is 0.253 e. The van der Waals surface area contributed by atoms with Crippen LogP contribution in [0.15, 0.2) is 53.0 Å². The number of hydrogen-bond donors (Lipinski definition) is 2. The second kappa shape index (κ2) is 6.38. The van der Waals surface area contributed by atoms with E-state index >= 15 is 0 Å². The van der Waals surface area contributed by atoms with Gasteiger partial charge < -0.3 is 10.6 Å². The van der Waals surface area contributed by atoms with Crippen LogP contribution >= 0.6 is 15.9 Å². The lowest BCUT2D eigenvalue weighted by atomic mass is 10.1. The predicted molar refractivity (Wildman–Crippen MR) is 81.3 cm³/mol. The fraction of sp³-hybridized carbons (Fsp3) is 0.133. The fourth-order valence-corrected chi connectivity index (χ4v) is 2.24. The highest BCUT2D eigenvalue weighted by atomic mass is 79.9. The summed E-state index contributed by atoms with van der Waals surface area (Å²) in [6.07, 6.45) is 0. The van der Waals surface area contributed by atoms with Crippen molar-refractivity contribution in [2.75, 3.05) is 12.4 Å². The summed E-state index contributed by atoms with van der Waals surface area (Å²) in [4.78, 5) is 12.1. The second-order valence-electron chi connectivity index (χ2n) is 4.07. The molecule has 0 fully saturated rings. The summed E-state index contributed by atoms with van der Waals surface area (Å²) in [7, 11) is 1.81. The molecule has 0 unspecified atom stereocenters. The van der Waals surface area contributed by atoms with Crippen LogP contribution in [0.25, 0.3) is 0 Å². The van der Waals surface area contributed by atoms with Crippen LogP contribution in [0.4, 0.5) is 5.69 Å². The molecule has 0 saturated carbocycles. The van der Waals surface area contributed by atoms with E-state index in [0.717, 1.165) is 15.7 Å². The normalized spacial score (nSPS) is 10.0. The molecular formula is C15H15BrN2O. The Kier molecular flexibility index (Phi) is 4.58. The third-order valence-corrected chi connectivity index (χ3v) is 3.61. The molecule has 1 amide bonds. The van der Waals surface area contributed by atoms with Gasteiger partial charge in [0.05, 0.1) is 5.56 Å². The SMILES string of the molecule is CNc1ccccc1C(=O)NCc1ccccc1Br. The van der Waals surface area contributed by atoms with Crippen LogP contribution in [0.5, 0.6) is 0 Å². The molecule has 3 nitrogen and oxygen atoms in total. The monoisotopic (exact) mass is 318 g/mol.